The molecule has 0 aliphatic rings. The zero-order chi connectivity index (χ0) is 16.4. The van der Waals surface area contributed by atoms with Crippen molar-refractivity contribution < 1.29 is 13.9 Å². The summed E-state index contributed by atoms with van der Waals surface area (Å²) in [6.45, 7) is 1.08. The third-order valence-corrected chi connectivity index (χ3v) is 3.78. The Morgan fingerprint density at radius 3 is 2.79 bits per heavy atom. The number of aromatic nitrogens is 4. The number of carbonyl (C=O) groups excluding carboxylic acids is 1. The summed E-state index contributed by atoms with van der Waals surface area (Å²) in [5.74, 6) is -0.499. The molecule has 3 rings (SSSR count). The Bertz CT molecular complexity index is 849. The van der Waals surface area contributed by atoms with Gasteiger partial charge in [-0.1, -0.05) is 0 Å². The van der Waals surface area contributed by atoms with E-state index in [0.29, 0.717) is 24.4 Å². The van der Waals surface area contributed by atoms with E-state index < -0.39 is 11.8 Å². The van der Waals surface area contributed by atoms with Gasteiger partial charge in [0.25, 0.3) is 0 Å². The zero-order valence-electron chi connectivity index (χ0n) is 12.8. The molecule has 0 radical (unpaired) electrons. The normalized spacial score (nSPS) is 10.6. The minimum atomic E-state index is -0.599. The van der Waals surface area contributed by atoms with Gasteiger partial charge in [-0.3, -0.25) is 4.68 Å². The van der Waals surface area contributed by atoms with Crippen LogP contribution in [0.1, 0.15) is 16.2 Å². The third kappa shape index (κ3) is 3.37. The SMILES string of the molecule is COC(=O)c1cc(F)c2nc(CCl)n(CCn3cccn3)c2c1.Cl. The standard InChI is InChI=1S/C15H14ClFN4O2.ClH/c1-23-15(22)10-7-11(17)14-12(8-10)21(13(9-16)19-14)6-5-20-4-2-3-18-20;/h2-4,7-8H,5-6,9H2,1H3;1H. The molecule has 0 saturated carbocycles. The van der Waals surface area contributed by atoms with Crippen molar-refractivity contribution in [2.45, 2.75) is 19.0 Å². The molecule has 2 heterocycles. The Morgan fingerprint density at radius 2 is 2.17 bits per heavy atom. The molecule has 0 atom stereocenters. The number of halogens is 3. The van der Waals surface area contributed by atoms with E-state index in [1.165, 1.54) is 7.11 Å². The van der Waals surface area contributed by atoms with Gasteiger partial charge in [-0.15, -0.1) is 24.0 Å². The van der Waals surface area contributed by atoms with E-state index in [1.807, 2.05) is 12.3 Å². The number of hydrogen-bond acceptors (Lipinski definition) is 4. The smallest absolute Gasteiger partial charge is 0.338 e. The molecule has 0 spiro atoms. The number of esters is 1. The first-order valence-corrected chi connectivity index (χ1v) is 7.48. The molecule has 3 aromatic rings. The van der Waals surface area contributed by atoms with E-state index in [4.69, 9.17) is 11.6 Å². The number of alkyl halides is 1. The summed E-state index contributed by atoms with van der Waals surface area (Å²) < 4.78 is 22.4. The van der Waals surface area contributed by atoms with Gasteiger partial charge in [0.2, 0.25) is 0 Å². The van der Waals surface area contributed by atoms with Gasteiger partial charge in [0.15, 0.2) is 5.82 Å². The molecule has 128 valence electrons. The van der Waals surface area contributed by atoms with Crippen LogP contribution in [0.2, 0.25) is 0 Å². The molecule has 0 N–H and O–H groups in total. The van der Waals surface area contributed by atoms with Crippen molar-refractivity contribution in [3.8, 4) is 0 Å². The van der Waals surface area contributed by atoms with Gasteiger partial charge >= 0.3 is 5.97 Å². The van der Waals surface area contributed by atoms with Crippen molar-refractivity contribution in [1.82, 2.24) is 19.3 Å². The number of nitrogens with zero attached hydrogens (tertiary/aromatic N) is 4. The predicted molar refractivity (Wildman–Crippen MR) is 90.1 cm³/mol. The number of rotatable bonds is 5. The molecule has 0 aliphatic heterocycles. The molecule has 2 aromatic heterocycles. The number of methoxy groups -OCH3 is 1. The fourth-order valence-corrected chi connectivity index (χ4v) is 2.66. The highest BCUT2D eigenvalue weighted by Crippen LogP contribution is 2.23. The van der Waals surface area contributed by atoms with Crippen LogP contribution >= 0.6 is 24.0 Å². The topological polar surface area (TPSA) is 61.9 Å². The van der Waals surface area contributed by atoms with Crippen molar-refractivity contribution in [2.75, 3.05) is 7.11 Å². The van der Waals surface area contributed by atoms with Gasteiger partial charge < -0.3 is 9.30 Å². The van der Waals surface area contributed by atoms with Gasteiger partial charge in [-0.2, -0.15) is 5.10 Å². The first kappa shape index (κ1) is 18.2. The highest BCUT2D eigenvalue weighted by molar-refractivity contribution is 6.16. The van der Waals surface area contributed by atoms with Gasteiger partial charge in [0, 0.05) is 18.9 Å². The zero-order valence-corrected chi connectivity index (χ0v) is 14.4. The number of imidazole rings is 1. The van der Waals surface area contributed by atoms with Crippen LogP contribution in [0.4, 0.5) is 4.39 Å². The van der Waals surface area contributed by atoms with Crippen LogP contribution in [-0.2, 0) is 23.7 Å². The lowest BCUT2D eigenvalue weighted by Crippen LogP contribution is -2.10. The summed E-state index contributed by atoms with van der Waals surface area (Å²) in [5, 5.41) is 4.13. The van der Waals surface area contributed by atoms with Crippen LogP contribution in [0.3, 0.4) is 0 Å². The Morgan fingerprint density at radius 1 is 1.38 bits per heavy atom. The van der Waals surface area contributed by atoms with E-state index in [1.54, 1.807) is 21.5 Å². The van der Waals surface area contributed by atoms with Crippen molar-refractivity contribution in [3.05, 3.63) is 47.8 Å². The molecule has 0 amide bonds. The van der Waals surface area contributed by atoms with Crippen molar-refractivity contribution in [3.63, 3.8) is 0 Å². The molecule has 0 unspecified atom stereocenters. The van der Waals surface area contributed by atoms with E-state index in [9.17, 15) is 9.18 Å². The lowest BCUT2D eigenvalue weighted by molar-refractivity contribution is 0.0600. The minimum absolute atomic E-state index is 0. The highest BCUT2D eigenvalue weighted by atomic mass is 35.5. The van der Waals surface area contributed by atoms with Gasteiger partial charge in [0.05, 0.1) is 30.6 Å². The lowest BCUT2D eigenvalue weighted by Gasteiger charge is -2.08. The molecule has 0 saturated heterocycles. The van der Waals surface area contributed by atoms with Gasteiger partial charge in [-0.25, -0.2) is 14.2 Å². The lowest BCUT2D eigenvalue weighted by atomic mass is 10.2. The molecule has 6 nitrogen and oxygen atoms in total. The summed E-state index contributed by atoms with van der Waals surface area (Å²) in [7, 11) is 1.25. The highest BCUT2D eigenvalue weighted by Gasteiger charge is 2.17. The number of ether oxygens (including phenoxy) is 1. The van der Waals surface area contributed by atoms with Crippen LogP contribution in [0.15, 0.2) is 30.6 Å². The third-order valence-electron chi connectivity index (χ3n) is 3.54. The minimum Gasteiger partial charge on any atom is -0.465 e. The maximum absolute atomic E-state index is 14.2. The molecular weight excluding hydrogens is 358 g/mol. The average molecular weight is 373 g/mol. The van der Waals surface area contributed by atoms with Gasteiger partial charge in [0.1, 0.15) is 11.3 Å². The maximum Gasteiger partial charge on any atom is 0.338 e. The Hall–Kier alpha value is -2.12. The second-order valence-electron chi connectivity index (χ2n) is 4.90. The van der Waals surface area contributed by atoms with Crippen molar-refractivity contribution >= 4 is 41.0 Å². The maximum atomic E-state index is 14.2. The average Bonchev–Trinajstić information content (AvgIpc) is 3.19. The molecule has 24 heavy (non-hydrogen) atoms. The molecule has 0 aliphatic carbocycles. The fraction of sp³-hybridized carbons (Fsp3) is 0.267. The van der Waals surface area contributed by atoms with Crippen LogP contribution < -0.4 is 0 Å². The van der Waals surface area contributed by atoms with E-state index in [-0.39, 0.29) is 29.4 Å². The molecule has 1 aromatic carbocycles. The number of aryl methyl sites for hydroxylation is 2. The van der Waals surface area contributed by atoms with E-state index in [2.05, 4.69) is 14.8 Å². The Kier molecular flexibility index (Phi) is 5.80. The largest absolute Gasteiger partial charge is 0.465 e. The summed E-state index contributed by atoms with van der Waals surface area (Å²) in [5.41, 5.74) is 0.834. The Balaban J connectivity index is 0.00000208. The first-order chi connectivity index (χ1) is 11.1. The quantitative estimate of drug-likeness (QED) is 0.510. The van der Waals surface area contributed by atoms with E-state index >= 15 is 0 Å². The number of benzene rings is 1. The second-order valence-corrected chi connectivity index (χ2v) is 5.17. The first-order valence-electron chi connectivity index (χ1n) is 6.94. The van der Waals surface area contributed by atoms with Crippen LogP contribution in [0.25, 0.3) is 11.0 Å². The summed E-state index contributed by atoms with van der Waals surface area (Å²) in [4.78, 5) is 15.9. The number of hydrogen-bond donors (Lipinski definition) is 0. The predicted octanol–water partition coefficient (Wildman–Crippen LogP) is 3.02. The molecule has 9 heteroatoms. The van der Waals surface area contributed by atoms with Crippen molar-refractivity contribution in [1.29, 1.82) is 0 Å². The molecule has 0 fully saturated rings. The summed E-state index contributed by atoms with van der Waals surface area (Å²) in [6.07, 6.45) is 3.52. The van der Waals surface area contributed by atoms with E-state index in [0.717, 1.165) is 6.07 Å². The molecular formula is C15H15Cl2FN4O2. The molecule has 0 bridgehead atoms. The van der Waals surface area contributed by atoms with Crippen molar-refractivity contribution in [2.24, 2.45) is 0 Å². The van der Waals surface area contributed by atoms with Crippen LogP contribution in [-0.4, -0.2) is 32.4 Å². The number of fused-ring (bicyclic) bond motifs is 1. The Labute approximate surface area is 148 Å². The fourth-order valence-electron chi connectivity index (χ4n) is 2.45. The van der Waals surface area contributed by atoms with Crippen LogP contribution in [0, 0.1) is 5.82 Å². The van der Waals surface area contributed by atoms with Gasteiger partial charge in [-0.05, 0) is 18.2 Å². The number of carbonyl (C=O) groups is 1. The summed E-state index contributed by atoms with van der Waals surface area (Å²) in [6, 6.07) is 4.51. The monoisotopic (exact) mass is 372 g/mol. The summed E-state index contributed by atoms with van der Waals surface area (Å²) >= 11 is 5.93. The second kappa shape index (κ2) is 7.63. The van der Waals surface area contributed by atoms with Crippen LogP contribution in [0.5, 0.6) is 0 Å².